The molecule has 2 bridgehead atoms. The summed E-state index contributed by atoms with van der Waals surface area (Å²) in [6.07, 6.45) is 4.10. The highest BCUT2D eigenvalue weighted by Crippen LogP contribution is 2.57. The van der Waals surface area contributed by atoms with E-state index in [0.29, 0.717) is 24.6 Å². The lowest BCUT2D eigenvalue weighted by Crippen LogP contribution is -2.49. The summed E-state index contributed by atoms with van der Waals surface area (Å²) >= 11 is 0. The van der Waals surface area contributed by atoms with Gasteiger partial charge < -0.3 is 19.9 Å². The summed E-state index contributed by atoms with van der Waals surface area (Å²) in [5.74, 6) is -1.86. The third-order valence-electron chi connectivity index (χ3n) is 6.69. The number of pyridine rings is 1. The quantitative estimate of drug-likeness (QED) is 0.807. The zero-order chi connectivity index (χ0) is 21.2. The van der Waals surface area contributed by atoms with E-state index < -0.39 is 22.9 Å². The average Bonchev–Trinajstić information content (AvgIpc) is 3.41. The molecule has 1 saturated heterocycles. The maximum atomic E-state index is 14.1. The number of rotatable bonds is 3. The minimum atomic E-state index is -0.884. The third-order valence-corrected chi connectivity index (χ3v) is 6.69. The smallest absolute Gasteiger partial charge is 0.274 e. The summed E-state index contributed by atoms with van der Waals surface area (Å²) in [4.78, 5) is 40.0. The summed E-state index contributed by atoms with van der Waals surface area (Å²) in [5.41, 5.74) is -0.452. The minimum absolute atomic E-state index is 0.0308. The zero-order valence-corrected chi connectivity index (χ0v) is 16.6. The molecule has 5 rings (SSSR count). The Morgan fingerprint density at radius 3 is 2.93 bits per heavy atom. The topological polar surface area (TPSA) is 91.6 Å². The van der Waals surface area contributed by atoms with E-state index in [0.717, 1.165) is 24.8 Å². The summed E-state index contributed by atoms with van der Waals surface area (Å²) in [6.45, 7) is 2.81. The Labute approximate surface area is 172 Å². The van der Waals surface area contributed by atoms with Gasteiger partial charge in [-0.05, 0) is 43.7 Å². The van der Waals surface area contributed by atoms with Gasteiger partial charge in [0.05, 0.1) is 5.54 Å². The van der Waals surface area contributed by atoms with Crippen LogP contribution in [0.15, 0.2) is 29.2 Å². The molecule has 1 aromatic heterocycles. The fourth-order valence-corrected chi connectivity index (χ4v) is 4.95. The highest BCUT2D eigenvalue weighted by molar-refractivity contribution is 5.99. The van der Waals surface area contributed by atoms with Crippen LogP contribution in [0.4, 0.5) is 4.39 Å². The van der Waals surface area contributed by atoms with Crippen LogP contribution in [0.25, 0.3) is 0 Å². The molecule has 0 radical (unpaired) electrons. The first-order valence-corrected chi connectivity index (χ1v) is 10.1. The van der Waals surface area contributed by atoms with E-state index in [1.807, 2.05) is 0 Å². The van der Waals surface area contributed by atoms with Crippen LogP contribution >= 0.6 is 0 Å². The van der Waals surface area contributed by atoms with Crippen molar-refractivity contribution in [2.75, 3.05) is 13.1 Å². The molecule has 2 aromatic rings. The van der Waals surface area contributed by atoms with Gasteiger partial charge in [-0.15, -0.1) is 0 Å². The van der Waals surface area contributed by atoms with Crippen molar-refractivity contribution in [2.45, 2.75) is 38.3 Å². The monoisotopic (exact) mass is 411 g/mol. The van der Waals surface area contributed by atoms with Gasteiger partial charge in [0.15, 0.2) is 11.4 Å². The highest BCUT2D eigenvalue weighted by Gasteiger charge is 2.61. The van der Waals surface area contributed by atoms with Gasteiger partial charge in [-0.25, -0.2) is 4.39 Å². The second-order valence-corrected chi connectivity index (χ2v) is 8.59. The van der Waals surface area contributed by atoms with E-state index in [-0.39, 0.29) is 29.2 Å². The molecule has 1 spiro atoms. The van der Waals surface area contributed by atoms with Crippen molar-refractivity contribution in [3.63, 3.8) is 0 Å². The fraction of sp³-hybridized carbons (Fsp3) is 0.409. The standard InChI is InChI=1S/C22H22FN3O4/c1-12-4-5-13(16(23)7-12)9-24-20(29)15-10-26-17(19(28)18(15)27)21(30)25-6-2-3-14-8-22(14,26)11-25/h4-5,7,10,14,28H,2-3,6,8-9,11H2,1H3,(H,24,29)/t14-,22+/m1/s1. The molecule has 30 heavy (non-hydrogen) atoms. The van der Waals surface area contributed by atoms with Crippen LogP contribution in [0.5, 0.6) is 5.75 Å². The van der Waals surface area contributed by atoms with Gasteiger partial charge in [-0.3, -0.25) is 14.4 Å². The molecule has 8 heteroatoms. The lowest BCUT2D eigenvalue weighted by atomic mass is 10.0. The number of carbonyl (C=O) groups excluding carboxylic acids is 2. The first kappa shape index (κ1) is 18.8. The first-order chi connectivity index (χ1) is 14.3. The van der Waals surface area contributed by atoms with E-state index in [1.165, 1.54) is 12.3 Å². The maximum Gasteiger partial charge on any atom is 0.274 e. The fourth-order valence-electron chi connectivity index (χ4n) is 4.95. The number of hydrogen-bond acceptors (Lipinski definition) is 4. The third kappa shape index (κ3) is 2.66. The predicted octanol–water partition coefficient (Wildman–Crippen LogP) is 1.90. The first-order valence-electron chi connectivity index (χ1n) is 10.1. The Morgan fingerprint density at radius 2 is 2.17 bits per heavy atom. The number of aromatic nitrogens is 1. The van der Waals surface area contributed by atoms with Crippen LogP contribution in [-0.2, 0) is 12.1 Å². The van der Waals surface area contributed by atoms with E-state index in [9.17, 15) is 23.9 Å². The van der Waals surface area contributed by atoms with Crippen LogP contribution in [0.1, 0.15) is 51.2 Å². The largest absolute Gasteiger partial charge is 0.503 e. The molecule has 1 aromatic carbocycles. The van der Waals surface area contributed by atoms with Crippen molar-refractivity contribution >= 4 is 11.8 Å². The number of halogens is 1. The van der Waals surface area contributed by atoms with E-state index >= 15 is 0 Å². The minimum Gasteiger partial charge on any atom is -0.503 e. The van der Waals surface area contributed by atoms with Crippen LogP contribution in [0, 0.1) is 18.7 Å². The number of aromatic hydroxyl groups is 1. The Hall–Kier alpha value is -3.16. The van der Waals surface area contributed by atoms with Crippen molar-refractivity contribution in [1.82, 2.24) is 14.8 Å². The predicted molar refractivity (Wildman–Crippen MR) is 106 cm³/mol. The Bertz CT molecular complexity index is 1160. The van der Waals surface area contributed by atoms with Crippen molar-refractivity contribution in [2.24, 2.45) is 5.92 Å². The molecule has 1 aliphatic carbocycles. The number of amides is 2. The molecule has 2 amide bonds. The van der Waals surface area contributed by atoms with Crippen LogP contribution in [0.3, 0.4) is 0 Å². The van der Waals surface area contributed by atoms with Gasteiger partial charge in [-0.1, -0.05) is 12.1 Å². The Kier molecular flexibility index (Phi) is 4.03. The summed E-state index contributed by atoms with van der Waals surface area (Å²) in [6, 6.07) is 4.69. The lowest BCUT2D eigenvalue weighted by molar-refractivity contribution is 0.0650. The van der Waals surface area contributed by atoms with E-state index in [1.54, 1.807) is 28.5 Å². The van der Waals surface area contributed by atoms with Crippen molar-refractivity contribution in [3.8, 4) is 5.75 Å². The van der Waals surface area contributed by atoms with Crippen molar-refractivity contribution < 1.29 is 19.1 Å². The number of nitrogens with zero attached hydrogens (tertiary/aromatic N) is 2. The van der Waals surface area contributed by atoms with Crippen LogP contribution in [-0.4, -0.2) is 39.5 Å². The molecule has 3 heterocycles. The highest BCUT2D eigenvalue weighted by atomic mass is 19.1. The zero-order valence-electron chi connectivity index (χ0n) is 16.6. The second-order valence-electron chi connectivity index (χ2n) is 8.59. The molecule has 1 saturated carbocycles. The van der Waals surface area contributed by atoms with Gasteiger partial charge in [0.2, 0.25) is 5.43 Å². The molecule has 2 fully saturated rings. The maximum absolute atomic E-state index is 14.1. The summed E-state index contributed by atoms with van der Waals surface area (Å²) in [7, 11) is 0. The summed E-state index contributed by atoms with van der Waals surface area (Å²) < 4.78 is 15.7. The molecule has 156 valence electrons. The Balaban J connectivity index is 1.50. The summed E-state index contributed by atoms with van der Waals surface area (Å²) in [5, 5.41) is 13.1. The Morgan fingerprint density at radius 1 is 1.37 bits per heavy atom. The van der Waals surface area contributed by atoms with Gasteiger partial charge >= 0.3 is 0 Å². The van der Waals surface area contributed by atoms with E-state index in [4.69, 9.17) is 0 Å². The van der Waals surface area contributed by atoms with Gasteiger partial charge in [-0.2, -0.15) is 0 Å². The molecular weight excluding hydrogens is 389 g/mol. The second kappa shape index (κ2) is 6.42. The molecule has 0 unspecified atom stereocenters. The number of carbonyl (C=O) groups is 2. The molecule has 7 nitrogen and oxygen atoms in total. The van der Waals surface area contributed by atoms with Gasteiger partial charge in [0, 0.05) is 31.4 Å². The number of nitrogens with one attached hydrogen (secondary N) is 1. The van der Waals surface area contributed by atoms with Crippen LogP contribution in [0.2, 0.25) is 0 Å². The van der Waals surface area contributed by atoms with Gasteiger partial charge in [0.1, 0.15) is 11.4 Å². The van der Waals surface area contributed by atoms with Crippen molar-refractivity contribution in [3.05, 3.63) is 62.8 Å². The number of hydrogen-bond donors (Lipinski definition) is 2. The molecule has 2 aliphatic heterocycles. The molecule has 2 N–H and O–H groups in total. The molecule has 3 aliphatic rings. The van der Waals surface area contributed by atoms with Crippen molar-refractivity contribution in [1.29, 1.82) is 0 Å². The van der Waals surface area contributed by atoms with Crippen LogP contribution < -0.4 is 10.7 Å². The number of benzene rings is 1. The number of aryl methyl sites for hydroxylation is 1. The average molecular weight is 411 g/mol. The van der Waals surface area contributed by atoms with Gasteiger partial charge in [0.25, 0.3) is 11.8 Å². The van der Waals surface area contributed by atoms with E-state index in [2.05, 4.69) is 5.32 Å². The molecule has 2 atom stereocenters. The normalized spacial score (nSPS) is 24.0. The lowest BCUT2D eigenvalue weighted by Gasteiger charge is -2.36. The number of fused-ring (bicyclic) bond motifs is 2. The molecular formula is C22H22FN3O4. The SMILES string of the molecule is Cc1ccc(CNC(=O)c2cn3c(c(O)c2=O)C(=O)N2CCC[C@@H]4C[C@]43C2)c(F)c1.